The summed E-state index contributed by atoms with van der Waals surface area (Å²) >= 11 is 4.03. The molecule has 0 saturated carbocycles. The van der Waals surface area contributed by atoms with E-state index in [1.165, 1.54) is 22.6 Å². The van der Waals surface area contributed by atoms with Crippen LogP contribution in [0.15, 0.2) is 12.1 Å². The van der Waals surface area contributed by atoms with Gasteiger partial charge in [0.1, 0.15) is 11.5 Å². The second-order valence-corrected chi connectivity index (χ2v) is 8.50. The van der Waals surface area contributed by atoms with Gasteiger partial charge in [0, 0.05) is 29.6 Å². The molecule has 0 amide bonds. The van der Waals surface area contributed by atoms with Crippen molar-refractivity contribution in [1.29, 1.82) is 5.26 Å². The first kappa shape index (κ1) is 14.9. The maximum atomic E-state index is 9.09. The minimum Gasteiger partial charge on any atom is -0.497 e. The molecule has 0 N–H and O–H groups in total. The van der Waals surface area contributed by atoms with Crippen LogP contribution < -0.4 is 9.47 Å². The van der Waals surface area contributed by atoms with Crippen molar-refractivity contribution in [1.82, 2.24) is 0 Å². The molecule has 3 rings (SSSR count). The number of nitrogens with zero attached hydrogens (tertiary/aromatic N) is 1. The highest BCUT2D eigenvalue weighted by Gasteiger charge is 2.46. The maximum Gasteiger partial charge on any atom is 0.128 e. The molecule has 1 spiro atoms. The van der Waals surface area contributed by atoms with Gasteiger partial charge in [-0.15, -0.1) is 23.5 Å². The zero-order valence-corrected chi connectivity index (χ0v) is 14.0. The molecule has 1 fully saturated rings. The van der Waals surface area contributed by atoms with E-state index < -0.39 is 0 Å². The van der Waals surface area contributed by atoms with Gasteiger partial charge < -0.3 is 9.47 Å². The van der Waals surface area contributed by atoms with Crippen LogP contribution in [0.1, 0.15) is 24.0 Å². The fourth-order valence-electron chi connectivity index (χ4n) is 3.37. The zero-order valence-electron chi connectivity index (χ0n) is 12.3. The highest BCUT2D eigenvalue weighted by Crippen LogP contribution is 2.61. The van der Waals surface area contributed by atoms with Gasteiger partial charge in [0.25, 0.3) is 0 Å². The predicted octanol–water partition coefficient (Wildman–Crippen LogP) is 3.81. The van der Waals surface area contributed by atoms with E-state index in [9.17, 15) is 0 Å². The van der Waals surface area contributed by atoms with Gasteiger partial charge in [0.15, 0.2) is 0 Å². The lowest BCUT2D eigenvalue weighted by Gasteiger charge is -2.39. The third-order valence-electron chi connectivity index (χ3n) is 4.19. The van der Waals surface area contributed by atoms with Gasteiger partial charge in [0.2, 0.25) is 0 Å². The number of benzene rings is 1. The predicted molar refractivity (Wildman–Crippen MR) is 88.2 cm³/mol. The molecule has 1 aromatic rings. The quantitative estimate of drug-likeness (QED) is 0.847. The monoisotopic (exact) mass is 321 g/mol. The Kier molecular flexibility index (Phi) is 4.28. The van der Waals surface area contributed by atoms with Crippen molar-refractivity contribution in [3.63, 3.8) is 0 Å². The number of hydrogen-bond donors (Lipinski definition) is 0. The topological polar surface area (TPSA) is 42.2 Å². The standard InChI is InChI=1S/C16H19NO2S2/c1-18-13-8-12-7-11(3-4-17)10-16(20-5-6-21-16)15(12)14(9-13)19-2/h8-9,11H,3,5-7,10H2,1-2H3/t11-/m0/s1. The fourth-order valence-corrected chi connectivity index (χ4v) is 6.99. The Morgan fingerprint density at radius 2 is 2.05 bits per heavy atom. The highest BCUT2D eigenvalue weighted by molar-refractivity contribution is 8.20. The molecule has 3 nitrogen and oxygen atoms in total. The molecule has 5 heteroatoms. The lowest BCUT2D eigenvalue weighted by Crippen LogP contribution is -2.28. The summed E-state index contributed by atoms with van der Waals surface area (Å²) in [5.41, 5.74) is 2.62. The Morgan fingerprint density at radius 1 is 1.29 bits per heavy atom. The fraction of sp³-hybridized carbons (Fsp3) is 0.562. The number of thioether (sulfide) groups is 2. The van der Waals surface area contributed by atoms with Crippen LogP contribution in [-0.2, 0) is 10.5 Å². The summed E-state index contributed by atoms with van der Waals surface area (Å²) in [6, 6.07) is 6.47. The molecule has 1 saturated heterocycles. The van der Waals surface area contributed by atoms with Crippen LogP contribution in [0.3, 0.4) is 0 Å². The molecule has 112 valence electrons. The van der Waals surface area contributed by atoms with Crippen molar-refractivity contribution in [3.8, 4) is 17.6 Å². The lowest BCUT2D eigenvalue weighted by molar-refractivity contribution is 0.374. The third kappa shape index (κ3) is 2.60. The second kappa shape index (κ2) is 6.02. The Labute approximate surface area is 134 Å². The van der Waals surface area contributed by atoms with Crippen molar-refractivity contribution in [2.45, 2.75) is 23.3 Å². The molecule has 1 atom stereocenters. The molecule has 1 aliphatic heterocycles. The summed E-state index contributed by atoms with van der Waals surface area (Å²) in [5.74, 6) is 4.53. The van der Waals surface area contributed by atoms with Crippen molar-refractivity contribution in [2.24, 2.45) is 5.92 Å². The average molecular weight is 321 g/mol. The molecule has 0 aromatic heterocycles. The molecule has 1 aromatic carbocycles. The van der Waals surface area contributed by atoms with Gasteiger partial charge in [-0.2, -0.15) is 5.26 Å². The Balaban J connectivity index is 2.12. The summed E-state index contributed by atoms with van der Waals surface area (Å²) in [6.07, 6.45) is 2.63. The minimum absolute atomic E-state index is 0.0622. The molecule has 0 radical (unpaired) electrons. The first-order chi connectivity index (χ1) is 10.2. The first-order valence-electron chi connectivity index (χ1n) is 7.12. The summed E-state index contributed by atoms with van der Waals surface area (Å²) in [5, 5.41) is 9.09. The highest BCUT2D eigenvalue weighted by atomic mass is 32.2. The van der Waals surface area contributed by atoms with Crippen LogP contribution in [0.5, 0.6) is 11.5 Å². The van der Waals surface area contributed by atoms with Crippen LogP contribution in [0.2, 0.25) is 0 Å². The lowest BCUT2D eigenvalue weighted by atomic mass is 9.81. The van der Waals surface area contributed by atoms with Gasteiger partial charge in [0.05, 0.1) is 24.4 Å². The van der Waals surface area contributed by atoms with E-state index >= 15 is 0 Å². The van der Waals surface area contributed by atoms with E-state index in [2.05, 4.69) is 12.1 Å². The maximum absolute atomic E-state index is 9.09. The number of nitriles is 1. The van der Waals surface area contributed by atoms with Gasteiger partial charge in [-0.05, 0) is 30.4 Å². The molecule has 21 heavy (non-hydrogen) atoms. The van der Waals surface area contributed by atoms with Crippen LogP contribution in [0.4, 0.5) is 0 Å². The molecule has 1 heterocycles. The average Bonchev–Trinajstić information content (AvgIpc) is 2.94. The molecular formula is C16H19NO2S2. The first-order valence-corrected chi connectivity index (χ1v) is 9.10. The van der Waals surface area contributed by atoms with Gasteiger partial charge >= 0.3 is 0 Å². The van der Waals surface area contributed by atoms with Crippen molar-refractivity contribution < 1.29 is 9.47 Å². The number of methoxy groups -OCH3 is 2. The molecule has 1 aliphatic carbocycles. The number of fused-ring (bicyclic) bond motifs is 2. The molecule has 2 aliphatic rings. The summed E-state index contributed by atoms with van der Waals surface area (Å²) < 4.78 is 11.1. The molecule has 0 bridgehead atoms. The zero-order chi connectivity index (χ0) is 14.9. The van der Waals surface area contributed by atoms with Crippen LogP contribution in [0.25, 0.3) is 0 Å². The Morgan fingerprint density at radius 3 is 2.67 bits per heavy atom. The van der Waals surface area contributed by atoms with Crippen molar-refractivity contribution in [2.75, 3.05) is 25.7 Å². The van der Waals surface area contributed by atoms with Gasteiger partial charge in [-0.25, -0.2) is 0 Å². The largest absolute Gasteiger partial charge is 0.497 e. The minimum atomic E-state index is 0.0622. The Hall–Kier alpha value is -0.990. The third-order valence-corrected chi connectivity index (χ3v) is 7.65. The smallest absolute Gasteiger partial charge is 0.128 e. The molecular weight excluding hydrogens is 302 g/mol. The van der Waals surface area contributed by atoms with E-state index in [-0.39, 0.29) is 4.08 Å². The van der Waals surface area contributed by atoms with Crippen molar-refractivity contribution in [3.05, 3.63) is 23.3 Å². The second-order valence-electron chi connectivity index (χ2n) is 5.45. The van der Waals surface area contributed by atoms with Gasteiger partial charge in [-0.3, -0.25) is 0 Å². The normalized spacial score (nSPS) is 22.6. The Bertz CT molecular complexity index is 576. The molecule has 0 unspecified atom stereocenters. The van der Waals surface area contributed by atoms with Gasteiger partial charge in [-0.1, -0.05) is 0 Å². The summed E-state index contributed by atoms with van der Waals surface area (Å²) in [4.78, 5) is 0. The SMILES string of the molecule is COc1cc2c(c(OC)c1)C1(C[C@@H](CC#N)C2)SCCS1. The number of hydrogen-bond acceptors (Lipinski definition) is 5. The van der Waals surface area contributed by atoms with Crippen LogP contribution in [0, 0.1) is 17.2 Å². The van der Waals surface area contributed by atoms with E-state index in [4.69, 9.17) is 14.7 Å². The summed E-state index contributed by atoms with van der Waals surface area (Å²) in [6.45, 7) is 0. The van der Waals surface area contributed by atoms with E-state index in [0.29, 0.717) is 12.3 Å². The van der Waals surface area contributed by atoms with E-state index in [0.717, 1.165) is 24.3 Å². The van der Waals surface area contributed by atoms with E-state index in [1.807, 2.05) is 29.6 Å². The summed E-state index contributed by atoms with van der Waals surface area (Å²) in [7, 11) is 3.42. The van der Waals surface area contributed by atoms with E-state index in [1.54, 1.807) is 14.2 Å². The van der Waals surface area contributed by atoms with Crippen LogP contribution >= 0.6 is 23.5 Å². The number of rotatable bonds is 3. The van der Waals surface area contributed by atoms with Crippen LogP contribution in [-0.4, -0.2) is 25.7 Å². The van der Waals surface area contributed by atoms with Crippen molar-refractivity contribution >= 4 is 23.5 Å². The number of ether oxygens (including phenoxy) is 2.